The van der Waals surface area contributed by atoms with Crippen LogP contribution in [0.2, 0.25) is 0 Å². The molecule has 0 bridgehead atoms. The van der Waals surface area contributed by atoms with Gasteiger partial charge in [0.2, 0.25) is 9.84 Å². The Morgan fingerprint density at radius 1 is 1.10 bits per heavy atom. The first-order chi connectivity index (χ1) is 14.5. The van der Waals surface area contributed by atoms with Crippen LogP contribution in [0.25, 0.3) is 5.65 Å². The minimum atomic E-state index is -3.72. The first-order valence-corrected chi connectivity index (χ1v) is 10.5. The predicted octanol–water partition coefficient (Wildman–Crippen LogP) is 2.50. The molecule has 0 saturated carbocycles. The molecule has 0 aliphatic carbocycles. The molecule has 1 amide bonds. The summed E-state index contributed by atoms with van der Waals surface area (Å²) in [6.45, 7) is 0.266. The van der Waals surface area contributed by atoms with Gasteiger partial charge in [0.15, 0.2) is 0 Å². The zero-order valence-corrected chi connectivity index (χ0v) is 16.8. The second kappa shape index (κ2) is 7.96. The highest BCUT2D eigenvalue weighted by Gasteiger charge is 2.19. The van der Waals surface area contributed by atoms with Crippen LogP contribution in [0, 0.1) is 0 Å². The average Bonchev–Trinajstić information content (AvgIpc) is 3.25. The topological polar surface area (TPSA) is 103 Å². The number of nitrogens with zero attached hydrogens (tertiary/aromatic N) is 3. The van der Waals surface area contributed by atoms with Crippen molar-refractivity contribution < 1.29 is 17.9 Å². The van der Waals surface area contributed by atoms with Crippen molar-refractivity contribution in [1.29, 1.82) is 0 Å². The molecule has 1 N–H and O–H groups in total. The molecule has 3 aromatic heterocycles. The number of carbonyl (C=O) groups is 1. The van der Waals surface area contributed by atoms with E-state index in [0.29, 0.717) is 11.3 Å². The summed E-state index contributed by atoms with van der Waals surface area (Å²) < 4.78 is 32.4. The van der Waals surface area contributed by atoms with E-state index in [-0.39, 0.29) is 22.2 Å². The van der Waals surface area contributed by atoms with Gasteiger partial charge in [0.1, 0.15) is 11.4 Å². The summed E-state index contributed by atoms with van der Waals surface area (Å²) in [6.07, 6.45) is 7.85. The second-order valence-corrected chi connectivity index (χ2v) is 8.45. The number of rotatable bonds is 6. The van der Waals surface area contributed by atoms with Gasteiger partial charge in [-0.15, -0.1) is 0 Å². The Morgan fingerprint density at radius 3 is 2.67 bits per heavy atom. The number of hydrogen-bond acceptors (Lipinski definition) is 6. The molecule has 9 heteroatoms. The average molecular weight is 422 g/mol. The van der Waals surface area contributed by atoms with E-state index < -0.39 is 9.84 Å². The number of benzene rings is 1. The van der Waals surface area contributed by atoms with E-state index in [9.17, 15) is 13.2 Å². The number of aromatic nitrogens is 3. The number of fused-ring (bicyclic) bond motifs is 1. The Labute approximate surface area is 173 Å². The highest BCUT2D eigenvalue weighted by molar-refractivity contribution is 7.91. The third-order valence-electron chi connectivity index (χ3n) is 4.57. The molecule has 0 unspecified atom stereocenters. The van der Waals surface area contributed by atoms with Gasteiger partial charge in [-0.3, -0.25) is 9.78 Å². The van der Waals surface area contributed by atoms with Crippen molar-refractivity contribution in [3.8, 4) is 5.75 Å². The van der Waals surface area contributed by atoms with Crippen molar-refractivity contribution in [3.05, 3.63) is 84.6 Å². The summed E-state index contributed by atoms with van der Waals surface area (Å²) in [5, 5.41) is 2.83. The van der Waals surface area contributed by atoms with E-state index in [4.69, 9.17) is 4.74 Å². The van der Waals surface area contributed by atoms with Gasteiger partial charge in [0.25, 0.3) is 5.91 Å². The largest absolute Gasteiger partial charge is 0.495 e. The van der Waals surface area contributed by atoms with Crippen LogP contribution in [-0.2, 0) is 16.4 Å². The summed E-state index contributed by atoms with van der Waals surface area (Å²) >= 11 is 0. The highest BCUT2D eigenvalue weighted by atomic mass is 32.2. The van der Waals surface area contributed by atoms with E-state index in [2.05, 4.69) is 15.3 Å². The Bertz CT molecular complexity index is 1310. The number of ether oxygens (including phenoxy) is 1. The molecule has 4 aromatic rings. The normalized spacial score (nSPS) is 11.4. The van der Waals surface area contributed by atoms with Gasteiger partial charge in [-0.1, -0.05) is 12.1 Å². The monoisotopic (exact) mass is 422 g/mol. The van der Waals surface area contributed by atoms with Crippen molar-refractivity contribution in [2.75, 3.05) is 7.11 Å². The standard InChI is InChI=1S/C21H18N4O4S/c1-29-17-10-19(13-22-12-17)30(27,28)18-5-2-15(3-6-18)11-24-21(26)16-4-7-20-23-8-9-25(20)14-16/h2-10,12-14H,11H2,1H3,(H,24,26). The molecule has 0 spiro atoms. The van der Waals surface area contributed by atoms with Crippen molar-refractivity contribution >= 4 is 21.4 Å². The van der Waals surface area contributed by atoms with Gasteiger partial charge in [0, 0.05) is 37.4 Å². The van der Waals surface area contributed by atoms with Crippen LogP contribution >= 0.6 is 0 Å². The van der Waals surface area contributed by atoms with Crippen LogP contribution in [0.5, 0.6) is 5.75 Å². The molecule has 0 saturated heterocycles. The minimum absolute atomic E-state index is 0.0535. The lowest BCUT2D eigenvalue weighted by Gasteiger charge is -2.08. The molecule has 0 radical (unpaired) electrons. The van der Waals surface area contributed by atoms with Gasteiger partial charge in [-0.05, 0) is 29.8 Å². The SMILES string of the molecule is COc1cncc(S(=O)(=O)c2ccc(CNC(=O)c3ccc4nccn4c3)cc2)c1. The third-order valence-corrected chi connectivity index (χ3v) is 6.31. The fourth-order valence-corrected chi connectivity index (χ4v) is 4.16. The molecular formula is C21H18N4O4S. The maximum absolute atomic E-state index is 12.8. The summed E-state index contributed by atoms with van der Waals surface area (Å²) in [5.74, 6) is 0.133. The zero-order chi connectivity index (χ0) is 21.1. The van der Waals surface area contributed by atoms with Crippen LogP contribution in [0.4, 0.5) is 0 Å². The number of carbonyl (C=O) groups excluding carboxylic acids is 1. The summed E-state index contributed by atoms with van der Waals surface area (Å²) in [4.78, 5) is 20.6. The lowest BCUT2D eigenvalue weighted by atomic mass is 10.2. The molecule has 152 valence electrons. The van der Waals surface area contributed by atoms with Gasteiger partial charge in [-0.2, -0.15) is 0 Å². The van der Waals surface area contributed by atoms with Crippen LogP contribution in [0.3, 0.4) is 0 Å². The van der Waals surface area contributed by atoms with Crippen LogP contribution in [0.1, 0.15) is 15.9 Å². The fourth-order valence-electron chi connectivity index (χ4n) is 2.92. The summed E-state index contributed by atoms with van der Waals surface area (Å²) in [5.41, 5.74) is 2.04. The summed E-state index contributed by atoms with van der Waals surface area (Å²) in [6, 6.07) is 11.2. The van der Waals surface area contributed by atoms with Gasteiger partial charge in [0.05, 0.1) is 28.7 Å². The van der Waals surface area contributed by atoms with Crippen LogP contribution in [-0.4, -0.2) is 35.8 Å². The number of amides is 1. The number of pyridine rings is 2. The number of sulfone groups is 1. The molecule has 4 rings (SSSR count). The second-order valence-electron chi connectivity index (χ2n) is 6.50. The maximum Gasteiger partial charge on any atom is 0.253 e. The highest BCUT2D eigenvalue weighted by Crippen LogP contribution is 2.23. The van der Waals surface area contributed by atoms with Crippen molar-refractivity contribution in [2.24, 2.45) is 0 Å². The first-order valence-electron chi connectivity index (χ1n) is 9.01. The lowest BCUT2D eigenvalue weighted by molar-refractivity contribution is 0.0950. The Balaban J connectivity index is 1.46. The Morgan fingerprint density at radius 2 is 1.90 bits per heavy atom. The molecule has 3 heterocycles. The number of nitrogens with one attached hydrogen (secondary N) is 1. The molecule has 1 aromatic carbocycles. The van der Waals surface area contributed by atoms with E-state index in [1.54, 1.807) is 47.3 Å². The minimum Gasteiger partial charge on any atom is -0.495 e. The lowest BCUT2D eigenvalue weighted by Crippen LogP contribution is -2.23. The van der Waals surface area contributed by atoms with Crippen molar-refractivity contribution in [3.63, 3.8) is 0 Å². The molecule has 0 aliphatic rings. The van der Waals surface area contributed by atoms with E-state index in [1.165, 1.54) is 37.7 Å². The number of methoxy groups -OCH3 is 1. The zero-order valence-electron chi connectivity index (χ0n) is 16.0. The molecular weight excluding hydrogens is 404 g/mol. The Hall–Kier alpha value is -3.72. The smallest absolute Gasteiger partial charge is 0.253 e. The van der Waals surface area contributed by atoms with Gasteiger partial charge >= 0.3 is 0 Å². The van der Waals surface area contributed by atoms with E-state index in [1.807, 2.05) is 0 Å². The number of hydrogen-bond donors (Lipinski definition) is 1. The van der Waals surface area contributed by atoms with Gasteiger partial charge < -0.3 is 14.5 Å². The quantitative estimate of drug-likeness (QED) is 0.512. The van der Waals surface area contributed by atoms with Crippen LogP contribution in [0.15, 0.2) is 83.2 Å². The molecule has 0 aliphatic heterocycles. The third kappa shape index (κ3) is 3.87. The van der Waals surface area contributed by atoms with Gasteiger partial charge in [-0.25, -0.2) is 13.4 Å². The molecule has 0 atom stereocenters. The molecule has 0 fully saturated rings. The van der Waals surface area contributed by atoms with E-state index in [0.717, 1.165) is 11.2 Å². The Kier molecular flexibility index (Phi) is 5.20. The number of imidazole rings is 1. The van der Waals surface area contributed by atoms with Crippen LogP contribution < -0.4 is 10.1 Å². The van der Waals surface area contributed by atoms with E-state index >= 15 is 0 Å². The van der Waals surface area contributed by atoms with Crippen molar-refractivity contribution in [2.45, 2.75) is 16.3 Å². The summed E-state index contributed by atoms with van der Waals surface area (Å²) in [7, 11) is -2.27. The van der Waals surface area contributed by atoms with Crippen molar-refractivity contribution in [1.82, 2.24) is 19.7 Å². The maximum atomic E-state index is 12.8. The predicted molar refractivity (Wildman–Crippen MR) is 109 cm³/mol. The molecule has 30 heavy (non-hydrogen) atoms. The molecule has 8 nitrogen and oxygen atoms in total. The first kappa shape index (κ1) is 19.6. The fraction of sp³-hybridized carbons (Fsp3) is 0.0952.